The molecule has 3 heteroatoms. The lowest BCUT2D eigenvalue weighted by Crippen LogP contribution is -2.53. The molecule has 0 bridgehead atoms. The largest absolute Gasteiger partial charge is 0.327 e. The summed E-state index contributed by atoms with van der Waals surface area (Å²) in [6, 6.07) is 4.92. The van der Waals surface area contributed by atoms with Crippen molar-refractivity contribution >= 4 is 11.3 Å². The summed E-state index contributed by atoms with van der Waals surface area (Å²) in [5, 5.41) is 2.14. The average Bonchev–Trinajstić information content (AvgIpc) is 2.66. The maximum absolute atomic E-state index is 6.19. The zero-order valence-corrected chi connectivity index (χ0v) is 12.6. The molecule has 0 aliphatic carbocycles. The van der Waals surface area contributed by atoms with Gasteiger partial charge in [-0.25, -0.2) is 0 Å². The molecule has 0 fully saturated rings. The molecule has 2 atom stereocenters. The van der Waals surface area contributed by atoms with Gasteiger partial charge in [0.25, 0.3) is 0 Å². The monoisotopic (exact) mass is 254 g/mol. The number of thiophene rings is 1. The highest BCUT2D eigenvalue weighted by Gasteiger charge is 2.32. The van der Waals surface area contributed by atoms with Crippen molar-refractivity contribution in [3.63, 3.8) is 0 Å². The minimum atomic E-state index is 0.190. The van der Waals surface area contributed by atoms with Crippen molar-refractivity contribution < 1.29 is 0 Å². The van der Waals surface area contributed by atoms with E-state index in [1.54, 1.807) is 0 Å². The van der Waals surface area contributed by atoms with Crippen molar-refractivity contribution in [1.29, 1.82) is 0 Å². The van der Waals surface area contributed by atoms with Crippen molar-refractivity contribution in [2.75, 3.05) is 6.54 Å². The van der Waals surface area contributed by atoms with Crippen molar-refractivity contribution in [3.8, 4) is 0 Å². The molecule has 1 rings (SSSR count). The minimum Gasteiger partial charge on any atom is -0.327 e. The van der Waals surface area contributed by atoms with Gasteiger partial charge < -0.3 is 5.73 Å². The van der Waals surface area contributed by atoms with Gasteiger partial charge >= 0.3 is 0 Å². The van der Waals surface area contributed by atoms with E-state index in [4.69, 9.17) is 5.73 Å². The summed E-state index contributed by atoms with van der Waals surface area (Å²) in [6.07, 6.45) is 0. The highest BCUT2D eigenvalue weighted by atomic mass is 32.1. The molecule has 1 aromatic heterocycles. The number of nitrogens with two attached hydrogens (primary N) is 1. The second-order valence-electron chi connectivity index (χ2n) is 5.81. The van der Waals surface area contributed by atoms with E-state index < -0.39 is 0 Å². The molecule has 0 saturated heterocycles. The molecule has 0 saturated carbocycles. The van der Waals surface area contributed by atoms with Crippen LogP contribution in [0.3, 0.4) is 0 Å². The molecular formula is C14H26N2S. The Labute approximate surface area is 110 Å². The summed E-state index contributed by atoms with van der Waals surface area (Å²) in [4.78, 5) is 3.91. The first kappa shape index (κ1) is 14.7. The van der Waals surface area contributed by atoms with E-state index >= 15 is 0 Å². The normalized spacial score (nSPS) is 16.2. The molecule has 0 aromatic carbocycles. The Morgan fingerprint density at radius 2 is 2.06 bits per heavy atom. The van der Waals surface area contributed by atoms with Crippen LogP contribution in [-0.4, -0.2) is 23.5 Å². The van der Waals surface area contributed by atoms with Gasteiger partial charge in [-0.2, -0.15) is 0 Å². The van der Waals surface area contributed by atoms with Gasteiger partial charge in [-0.15, -0.1) is 11.3 Å². The van der Waals surface area contributed by atoms with E-state index in [0.717, 1.165) is 13.1 Å². The Hall–Kier alpha value is -0.380. The Morgan fingerprint density at radius 3 is 2.41 bits per heavy atom. The molecule has 98 valence electrons. The van der Waals surface area contributed by atoms with Gasteiger partial charge in [0.15, 0.2) is 0 Å². The predicted molar refractivity (Wildman–Crippen MR) is 77.3 cm³/mol. The van der Waals surface area contributed by atoms with Gasteiger partial charge in [0.2, 0.25) is 0 Å². The molecule has 0 radical (unpaired) electrons. The molecule has 0 spiro atoms. The summed E-state index contributed by atoms with van der Waals surface area (Å²) < 4.78 is 0. The number of likely N-dealkylation sites (N-methyl/N-ethyl adjacent to an activating group) is 1. The molecule has 1 heterocycles. The van der Waals surface area contributed by atoms with Gasteiger partial charge in [-0.05, 0) is 30.3 Å². The minimum absolute atomic E-state index is 0.190. The Bertz CT molecular complexity index is 311. The van der Waals surface area contributed by atoms with Crippen LogP contribution in [-0.2, 0) is 6.54 Å². The number of rotatable bonds is 5. The maximum Gasteiger partial charge on any atom is 0.0331 e. The third-order valence-electron chi connectivity index (χ3n) is 3.12. The highest BCUT2D eigenvalue weighted by Crippen LogP contribution is 2.28. The van der Waals surface area contributed by atoms with Gasteiger partial charge in [0.05, 0.1) is 0 Å². The standard InChI is InChI=1S/C14H26N2S/c1-6-16(10-12-8-7-9-17-12)13(11(2)15)14(3,4)5/h7-9,11,13H,6,10,15H2,1-5H3. The van der Waals surface area contributed by atoms with Crippen molar-refractivity contribution in [2.24, 2.45) is 11.1 Å². The van der Waals surface area contributed by atoms with Crippen LogP contribution in [0.25, 0.3) is 0 Å². The van der Waals surface area contributed by atoms with Crippen LogP contribution in [0.2, 0.25) is 0 Å². The number of hydrogen-bond acceptors (Lipinski definition) is 3. The van der Waals surface area contributed by atoms with Crippen LogP contribution in [0.15, 0.2) is 17.5 Å². The van der Waals surface area contributed by atoms with Crippen LogP contribution in [0, 0.1) is 5.41 Å². The lowest BCUT2D eigenvalue weighted by atomic mass is 9.81. The quantitative estimate of drug-likeness (QED) is 0.873. The zero-order valence-electron chi connectivity index (χ0n) is 11.7. The molecule has 0 amide bonds. The van der Waals surface area contributed by atoms with E-state index in [1.165, 1.54) is 4.88 Å². The fraction of sp³-hybridized carbons (Fsp3) is 0.714. The Kier molecular flexibility index (Phi) is 5.17. The topological polar surface area (TPSA) is 29.3 Å². The molecule has 17 heavy (non-hydrogen) atoms. The van der Waals surface area contributed by atoms with E-state index in [0.29, 0.717) is 6.04 Å². The summed E-state index contributed by atoms with van der Waals surface area (Å²) in [5.41, 5.74) is 6.40. The third-order valence-corrected chi connectivity index (χ3v) is 3.99. The van der Waals surface area contributed by atoms with E-state index in [-0.39, 0.29) is 11.5 Å². The molecule has 2 unspecified atom stereocenters. The van der Waals surface area contributed by atoms with Gasteiger partial charge in [0.1, 0.15) is 0 Å². The fourth-order valence-electron chi connectivity index (χ4n) is 2.68. The summed E-state index contributed by atoms with van der Waals surface area (Å²) >= 11 is 1.82. The van der Waals surface area contributed by atoms with Crippen LogP contribution in [0.1, 0.15) is 39.5 Å². The van der Waals surface area contributed by atoms with E-state index in [1.807, 2.05) is 11.3 Å². The first-order chi connectivity index (χ1) is 7.86. The maximum atomic E-state index is 6.19. The molecule has 1 aromatic rings. The summed E-state index contributed by atoms with van der Waals surface area (Å²) in [5.74, 6) is 0. The highest BCUT2D eigenvalue weighted by molar-refractivity contribution is 7.09. The summed E-state index contributed by atoms with van der Waals surface area (Å²) in [7, 11) is 0. The first-order valence-electron chi connectivity index (χ1n) is 6.38. The van der Waals surface area contributed by atoms with Crippen molar-refractivity contribution in [2.45, 2.75) is 53.2 Å². The SMILES string of the molecule is CCN(Cc1cccs1)C(C(C)N)C(C)(C)C. The van der Waals surface area contributed by atoms with E-state index in [2.05, 4.69) is 57.0 Å². The summed E-state index contributed by atoms with van der Waals surface area (Å²) in [6.45, 7) is 13.2. The zero-order chi connectivity index (χ0) is 13.1. The fourth-order valence-corrected chi connectivity index (χ4v) is 3.41. The van der Waals surface area contributed by atoms with Gasteiger partial charge in [-0.1, -0.05) is 33.8 Å². The Morgan fingerprint density at radius 1 is 1.41 bits per heavy atom. The van der Waals surface area contributed by atoms with Crippen molar-refractivity contribution in [1.82, 2.24) is 4.90 Å². The van der Waals surface area contributed by atoms with E-state index in [9.17, 15) is 0 Å². The number of hydrogen-bond donors (Lipinski definition) is 1. The molecule has 2 nitrogen and oxygen atoms in total. The molecular weight excluding hydrogens is 228 g/mol. The molecule has 2 N–H and O–H groups in total. The lowest BCUT2D eigenvalue weighted by Gasteiger charge is -2.42. The molecule has 0 aliphatic rings. The Balaban J connectivity index is 2.82. The van der Waals surface area contributed by atoms with Crippen molar-refractivity contribution in [3.05, 3.63) is 22.4 Å². The third kappa shape index (κ3) is 4.09. The van der Waals surface area contributed by atoms with Crippen LogP contribution in [0.5, 0.6) is 0 Å². The van der Waals surface area contributed by atoms with Gasteiger partial charge in [0, 0.05) is 23.5 Å². The van der Waals surface area contributed by atoms with Crippen LogP contribution < -0.4 is 5.73 Å². The average molecular weight is 254 g/mol. The lowest BCUT2D eigenvalue weighted by molar-refractivity contribution is 0.0810. The smallest absolute Gasteiger partial charge is 0.0331 e. The van der Waals surface area contributed by atoms with Gasteiger partial charge in [-0.3, -0.25) is 4.90 Å². The second-order valence-corrected chi connectivity index (χ2v) is 6.84. The number of nitrogens with zero attached hydrogens (tertiary/aromatic N) is 1. The molecule has 0 aliphatic heterocycles. The van der Waals surface area contributed by atoms with Crippen LogP contribution >= 0.6 is 11.3 Å². The first-order valence-corrected chi connectivity index (χ1v) is 7.26. The van der Waals surface area contributed by atoms with Crippen LogP contribution in [0.4, 0.5) is 0 Å². The predicted octanol–water partition coefficient (Wildman–Crippen LogP) is 3.33. The second kappa shape index (κ2) is 5.98.